The zero-order valence-corrected chi connectivity index (χ0v) is 17.2. The Balaban J connectivity index is 2.31. The van der Waals surface area contributed by atoms with Crippen molar-refractivity contribution in [1.29, 1.82) is 0 Å². The Labute approximate surface area is 170 Å². The van der Waals surface area contributed by atoms with Crippen molar-refractivity contribution in [3.63, 3.8) is 0 Å². The van der Waals surface area contributed by atoms with E-state index in [0.29, 0.717) is 11.6 Å². The van der Waals surface area contributed by atoms with Crippen molar-refractivity contribution in [3.8, 4) is 5.75 Å². The lowest BCUT2D eigenvalue weighted by Crippen LogP contribution is -2.11. The number of benzene rings is 2. The second-order valence-electron chi connectivity index (χ2n) is 6.57. The molecule has 0 fully saturated rings. The van der Waals surface area contributed by atoms with Crippen LogP contribution in [0.3, 0.4) is 0 Å². The number of halogens is 2. The molecular weight excluding hydrogens is 381 g/mol. The SMILES string of the molecule is CCC(Cl)Cc1c2ccc(Cl)cc2nc2ccc(OC)c(NCCCN)c12. The molecule has 2 aromatic carbocycles. The van der Waals surface area contributed by atoms with Gasteiger partial charge >= 0.3 is 0 Å². The van der Waals surface area contributed by atoms with E-state index in [1.54, 1.807) is 7.11 Å². The highest BCUT2D eigenvalue weighted by Gasteiger charge is 2.18. The molecule has 0 spiro atoms. The average Bonchev–Trinajstić information content (AvgIpc) is 2.67. The smallest absolute Gasteiger partial charge is 0.142 e. The Morgan fingerprint density at radius 1 is 1.22 bits per heavy atom. The van der Waals surface area contributed by atoms with Crippen molar-refractivity contribution < 1.29 is 4.74 Å². The number of nitrogens with zero attached hydrogens (tertiary/aromatic N) is 1. The maximum atomic E-state index is 6.57. The van der Waals surface area contributed by atoms with Crippen LogP contribution in [0.4, 0.5) is 5.69 Å². The molecule has 0 amide bonds. The number of ether oxygens (including phenoxy) is 1. The number of nitrogens with one attached hydrogen (secondary N) is 1. The molecule has 1 atom stereocenters. The molecule has 3 rings (SSSR count). The molecule has 4 nitrogen and oxygen atoms in total. The van der Waals surface area contributed by atoms with Gasteiger partial charge in [-0.25, -0.2) is 4.98 Å². The van der Waals surface area contributed by atoms with Gasteiger partial charge in [0.1, 0.15) is 5.75 Å². The number of aromatic nitrogens is 1. The van der Waals surface area contributed by atoms with Crippen LogP contribution in [-0.2, 0) is 6.42 Å². The van der Waals surface area contributed by atoms with Crippen LogP contribution < -0.4 is 15.8 Å². The van der Waals surface area contributed by atoms with Crippen LogP contribution in [0.1, 0.15) is 25.3 Å². The number of methoxy groups -OCH3 is 1. The Kier molecular flexibility index (Phi) is 6.64. The molecule has 1 heterocycles. The Morgan fingerprint density at radius 2 is 2.04 bits per heavy atom. The van der Waals surface area contributed by atoms with Crippen molar-refractivity contribution in [3.05, 3.63) is 40.9 Å². The summed E-state index contributed by atoms with van der Waals surface area (Å²) in [5, 5.41) is 6.34. The van der Waals surface area contributed by atoms with Crippen LogP contribution in [0.25, 0.3) is 21.8 Å². The largest absolute Gasteiger partial charge is 0.495 e. The second kappa shape index (κ2) is 8.96. The number of rotatable bonds is 8. The van der Waals surface area contributed by atoms with Gasteiger partial charge in [0, 0.05) is 27.7 Å². The van der Waals surface area contributed by atoms with Gasteiger partial charge in [-0.1, -0.05) is 24.6 Å². The van der Waals surface area contributed by atoms with Crippen LogP contribution in [-0.4, -0.2) is 30.6 Å². The van der Waals surface area contributed by atoms with Crippen LogP contribution in [0.5, 0.6) is 5.75 Å². The minimum absolute atomic E-state index is 0.0394. The fraction of sp³-hybridized carbons (Fsp3) is 0.381. The van der Waals surface area contributed by atoms with E-state index in [1.807, 2.05) is 30.3 Å². The molecule has 3 aromatic rings. The molecule has 0 radical (unpaired) electrons. The predicted molar refractivity (Wildman–Crippen MR) is 117 cm³/mol. The molecule has 0 saturated carbocycles. The Hall–Kier alpha value is -1.75. The van der Waals surface area contributed by atoms with E-state index in [-0.39, 0.29) is 5.38 Å². The predicted octanol–water partition coefficient (Wildman–Crippen LogP) is 5.37. The summed E-state index contributed by atoms with van der Waals surface area (Å²) < 4.78 is 5.63. The van der Waals surface area contributed by atoms with Gasteiger partial charge in [0.05, 0.1) is 23.8 Å². The number of hydrogen-bond acceptors (Lipinski definition) is 4. The molecule has 27 heavy (non-hydrogen) atoms. The van der Waals surface area contributed by atoms with Crippen LogP contribution in [0.15, 0.2) is 30.3 Å². The standard InChI is InChI=1S/C21H25Cl2N3O/c1-3-13(22)11-16-15-6-5-14(23)12-18(15)26-17-7-8-19(27-2)21(20(16)17)25-10-4-9-24/h5-8,12-13,25H,3-4,9-11,24H2,1-2H3. The third-order valence-corrected chi connectivity index (χ3v) is 5.44. The fourth-order valence-corrected chi connectivity index (χ4v) is 3.65. The number of hydrogen-bond donors (Lipinski definition) is 2. The minimum Gasteiger partial charge on any atom is -0.495 e. The molecule has 0 aliphatic heterocycles. The lowest BCUT2D eigenvalue weighted by atomic mass is 9.96. The molecule has 1 aromatic heterocycles. The lowest BCUT2D eigenvalue weighted by molar-refractivity contribution is 0.417. The second-order valence-corrected chi connectivity index (χ2v) is 7.62. The zero-order chi connectivity index (χ0) is 19.4. The molecule has 0 aliphatic carbocycles. The number of pyridine rings is 1. The number of nitrogens with two attached hydrogens (primary N) is 1. The van der Waals surface area contributed by atoms with Gasteiger partial charge in [-0.05, 0) is 55.6 Å². The summed E-state index contributed by atoms with van der Waals surface area (Å²) in [6.45, 7) is 3.50. The van der Waals surface area contributed by atoms with E-state index >= 15 is 0 Å². The third-order valence-electron chi connectivity index (χ3n) is 4.74. The summed E-state index contributed by atoms with van der Waals surface area (Å²) in [5.41, 5.74) is 9.56. The third kappa shape index (κ3) is 4.23. The highest BCUT2D eigenvalue weighted by molar-refractivity contribution is 6.31. The maximum Gasteiger partial charge on any atom is 0.142 e. The first-order chi connectivity index (χ1) is 13.1. The van der Waals surface area contributed by atoms with Crippen molar-refractivity contribution >= 4 is 50.7 Å². The Bertz CT molecular complexity index is 946. The van der Waals surface area contributed by atoms with Crippen molar-refractivity contribution in [1.82, 2.24) is 4.98 Å². The molecular formula is C21H25Cl2N3O. The molecule has 144 valence electrons. The molecule has 0 bridgehead atoms. The number of alkyl halides is 1. The van der Waals surface area contributed by atoms with Gasteiger partial charge in [0.15, 0.2) is 0 Å². The normalized spacial score (nSPS) is 12.5. The Morgan fingerprint density at radius 3 is 2.74 bits per heavy atom. The lowest BCUT2D eigenvalue weighted by Gasteiger charge is -2.19. The fourth-order valence-electron chi connectivity index (χ4n) is 3.33. The van der Waals surface area contributed by atoms with Gasteiger partial charge in [0.2, 0.25) is 0 Å². The monoisotopic (exact) mass is 405 g/mol. The van der Waals surface area contributed by atoms with E-state index in [4.69, 9.17) is 38.7 Å². The molecule has 3 N–H and O–H groups in total. The highest BCUT2D eigenvalue weighted by Crippen LogP contribution is 2.39. The molecule has 0 saturated heterocycles. The highest BCUT2D eigenvalue weighted by atomic mass is 35.5. The summed E-state index contributed by atoms with van der Waals surface area (Å²) >= 11 is 12.8. The van der Waals surface area contributed by atoms with Gasteiger partial charge in [-0.3, -0.25) is 0 Å². The summed E-state index contributed by atoms with van der Waals surface area (Å²) in [6, 6.07) is 9.76. The topological polar surface area (TPSA) is 60.2 Å². The van der Waals surface area contributed by atoms with Crippen molar-refractivity contribution in [2.75, 3.05) is 25.5 Å². The quantitative estimate of drug-likeness (QED) is 0.300. The summed E-state index contributed by atoms with van der Waals surface area (Å²) in [4.78, 5) is 4.85. The van der Waals surface area contributed by atoms with Gasteiger partial charge in [0.25, 0.3) is 0 Å². The van der Waals surface area contributed by atoms with Crippen LogP contribution >= 0.6 is 23.2 Å². The first-order valence-corrected chi connectivity index (χ1v) is 10.1. The maximum absolute atomic E-state index is 6.57. The summed E-state index contributed by atoms with van der Waals surface area (Å²) in [7, 11) is 1.68. The molecule has 1 unspecified atom stereocenters. The first-order valence-electron chi connectivity index (χ1n) is 9.25. The van der Waals surface area contributed by atoms with E-state index in [2.05, 4.69) is 12.2 Å². The zero-order valence-electron chi connectivity index (χ0n) is 15.7. The van der Waals surface area contributed by atoms with E-state index < -0.39 is 0 Å². The van der Waals surface area contributed by atoms with Gasteiger partial charge in [-0.15, -0.1) is 11.6 Å². The minimum atomic E-state index is 0.0394. The number of fused-ring (bicyclic) bond motifs is 2. The molecule has 0 aliphatic rings. The summed E-state index contributed by atoms with van der Waals surface area (Å²) in [6.07, 6.45) is 2.51. The van der Waals surface area contributed by atoms with E-state index in [9.17, 15) is 0 Å². The van der Waals surface area contributed by atoms with Gasteiger partial charge < -0.3 is 15.8 Å². The first kappa shape index (κ1) is 20.0. The van der Waals surface area contributed by atoms with E-state index in [1.165, 1.54) is 5.56 Å². The van der Waals surface area contributed by atoms with E-state index in [0.717, 1.165) is 59.0 Å². The van der Waals surface area contributed by atoms with Crippen LogP contribution in [0.2, 0.25) is 5.02 Å². The molecule has 6 heteroatoms. The summed E-state index contributed by atoms with van der Waals surface area (Å²) in [5.74, 6) is 0.790. The van der Waals surface area contributed by atoms with Gasteiger partial charge in [-0.2, -0.15) is 0 Å². The van der Waals surface area contributed by atoms with Crippen molar-refractivity contribution in [2.24, 2.45) is 5.73 Å². The van der Waals surface area contributed by atoms with Crippen molar-refractivity contribution in [2.45, 2.75) is 31.6 Å². The number of anilines is 1. The average molecular weight is 406 g/mol. The van der Waals surface area contributed by atoms with Crippen LogP contribution in [0, 0.1) is 0 Å².